The summed E-state index contributed by atoms with van der Waals surface area (Å²) in [6.07, 6.45) is 0. The van der Waals surface area contributed by atoms with Crippen LogP contribution in [0.2, 0.25) is 0 Å². The van der Waals surface area contributed by atoms with Crippen LogP contribution in [-0.2, 0) is 5.41 Å². The van der Waals surface area contributed by atoms with Crippen LogP contribution >= 0.6 is 11.3 Å². The first-order chi connectivity index (χ1) is 29.7. The quantitative estimate of drug-likeness (QED) is 0.169. The van der Waals surface area contributed by atoms with Crippen molar-refractivity contribution in [1.29, 1.82) is 0 Å². The first kappa shape index (κ1) is 34.5. The van der Waals surface area contributed by atoms with Crippen molar-refractivity contribution in [3.8, 4) is 56.4 Å². The molecule has 12 rings (SSSR count). The summed E-state index contributed by atoms with van der Waals surface area (Å²) in [7, 11) is 0. The highest BCUT2D eigenvalue weighted by molar-refractivity contribution is 7.26. The van der Waals surface area contributed by atoms with Crippen LogP contribution < -0.4 is 0 Å². The molecule has 0 aliphatic heterocycles. The minimum atomic E-state index is -0.545. The summed E-state index contributed by atoms with van der Waals surface area (Å²) < 4.78 is 2.43. The Bertz CT molecular complexity index is 3390. The average Bonchev–Trinajstić information content (AvgIpc) is 3.86. The normalized spacial score (nSPS) is 12.8. The number of benzene rings is 9. The van der Waals surface area contributed by atoms with Crippen LogP contribution in [0.4, 0.5) is 0 Å². The van der Waals surface area contributed by atoms with E-state index < -0.39 is 5.41 Å². The number of nitrogens with zero attached hydrogens (tertiary/aromatic N) is 3. The van der Waals surface area contributed by atoms with Gasteiger partial charge in [0.25, 0.3) is 0 Å². The van der Waals surface area contributed by atoms with Crippen molar-refractivity contribution >= 4 is 42.3 Å². The zero-order valence-corrected chi connectivity index (χ0v) is 33.3. The third-order valence-electron chi connectivity index (χ3n) is 12.2. The summed E-state index contributed by atoms with van der Waals surface area (Å²) in [6, 6.07) is 76.3. The number of fused-ring (bicyclic) bond motifs is 7. The Morgan fingerprint density at radius 3 is 1.70 bits per heavy atom. The maximum atomic E-state index is 5.43. The van der Waals surface area contributed by atoms with Gasteiger partial charge in [-0.25, -0.2) is 15.0 Å². The number of aromatic nitrogens is 3. The summed E-state index contributed by atoms with van der Waals surface area (Å²) >= 11 is 1.81. The molecule has 0 atom stereocenters. The molecule has 2 aromatic heterocycles. The van der Waals surface area contributed by atoms with Gasteiger partial charge in [-0.15, -0.1) is 11.3 Å². The molecule has 9 aromatic carbocycles. The molecule has 0 spiro atoms. The first-order valence-corrected chi connectivity index (χ1v) is 21.2. The summed E-state index contributed by atoms with van der Waals surface area (Å²) in [6.45, 7) is 0. The third kappa shape index (κ3) is 5.31. The van der Waals surface area contributed by atoms with Crippen LogP contribution in [0, 0.1) is 0 Å². The second-order valence-corrected chi connectivity index (χ2v) is 16.6. The zero-order chi connectivity index (χ0) is 39.6. The highest BCUT2D eigenvalue weighted by Gasteiger charge is 2.46. The van der Waals surface area contributed by atoms with E-state index in [4.69, 9.17) is 15.0 Å². The van der Waals surface area contributed by atoms with Gasteiger partial charge in [0.05, 0.1) is 5.41 Å². The van der Waals surface area contributed by atoms with E-state index in [1.807, 2.05) is 11.3 Å². The Labute approximate surface area is 352 Å². The van der Waals surface area contributed by atoms with E-state index in [1.165, 1.54) is 53.7 Å². The van der Waals surface area contributed by atoms with E-state index in [9.17, 15) is 0 Å². The molecule has 2 heterocycles. The van der Waals surface area contributed by atoms with Crippen molar-refractivity contribution in [3.05, 3.63) is 235 Å². The van der Waals surface area contributed by atoms with Gasteiger partial charge in [-0.05, 0) is 79.5 Å². The molecule has 4 heteroatoms. The molecule has 0 bridgehead atoms. The van der Waals surface area contributed by atoms with Crippen molar-refractivity contribution in [2.45, 2.75) is 5.41 Å². The molecular formula is C56H35N3S. The monoisotopic (exact) mass is 781 g/mol. The fourth-order valence-corrected chi connectivity index (χ4v) is 10.7. The second-order valence-electron chi connectivity index (χ2n) is 15.5. The van der Waals surface area contributed by atoms with Crippen molar-refractivity contribution in [3.63, 3.8) is 0 Å². The fraction of sp³-hybridized carbons (Fsp3) is 0.0179. The lowest BCUT2D eigenvalue weighted by molar-refractivity contribution is 0.768. The Kier molecular flexibility index (Phi) is 7.94. The molecule has 0 saturated carbocycles. The minimum Gasteiger partial charge on any atom is -0.208 e. The fourth-order valence-electron chi connectivity index (χ4n) is 9.59. The molecule has 1 aliphatic carbocycles. The van der Waals surface area contributed by atoms with Gasteiger partial charge in [0, 0.05) is 36.9 Å². The molecule has 0 radical (unpaired) electrons. The maximum Gasteiger partial charge on any atom is 0.164 e. The van der Waals surface area contributed by atoms with Gasteiger partial charge in [0.15, 0.2) is 17.5 Å². The van der Waals surface area contributed by atoms with Gasteiger partial charge in [0.1, 0.15) is 0 Å². The van der Waals surface area contributed by atoms with Gasteiger partial charge >= 0.3 is 0 Å². The SMILES string of the molecule is c1ccc(-c2ccc3sc4cccc(-c5nc(-c6cccc(C7(c8ccccc8)c8ccccc8-c8ccccc87)c6)nc(-c6cccc7ccccc67)n5)c4c3c2)cc1. The molecule has 0 amide bonds. The second kappa shape index (κ2) is 13.8. The van der Waals surface area contributed by atoms with E-state index >= 15 is 0 Å². The van der Waals surface area contributed by atoms with E-state index in [0.717, 1.165) is 38.4 Å². The topological polar surface area (TPSA) is 38.7 Å². The molecule has 0 unspecified atom stereocenters. The summed E-state index contributed by atoms with van der Waals surface area (Å²) in [5.41, 5.74) is 12.2. The Hall–Kier alpha value is -7.53. The van der Waals surface area contributed by atoms with Crippen LogP contribution in [0.3, 0.4) is 0 Å². The molecule has 11 aromatic rings. The zero-order valence-electron chi connectivity index (χ0n) is 32.5. The number of hydrogen-bond donors (Lipinski definition) is 0. The van der Waals surface area contributed by atoms with E-state index in [-0.39, 0.29) is 0 Å². The van der Waals surface area contributed by atoms with Gasteiger partial charge in [0.2, 0.25) is 0 Å². The molecule has 3 nitrogen and oxygen atoms in total. The Morgan fingerprint density at radius 1 is 0.333 bits per heavy atom. The van der Waals surface area contributed by atoms with Crippen LogP contribution in [0.25, 0.3) is 87.4 Å². The van der Waals surface area contributed by atoms with Crippen molar-refractivity contribution in [2.24, 2.45) is 0 Å². The lowest BCUT2D eigenvalue weighted by atomic mass is 9.67. The van der Waals surface area contributed by atoms with E-state index in [0.29, 0.717) is 17.5 Å². The summed E-state index contributed by atoms with van der Waals surface area (Å²) in [4.78, 5) is 16.2. The third-order valence-corrected chi connectivity index (χ3v) is 13.4. The molecular weight excluding hydrogens is 747 g/mol. The molecule has 1 aliphatic rings. The number of hydrogen-bond acceptors (Lipinski definition) is 4. The lowest BCUT2D eigenvalue weighted by Crippen LogP contribution is -2.28. The lowest BCUT2D eigenvalue weighted by Gasteiger charge is -2.34. The van der Waals surface area contributed by atoms with Crippen molar-refractivity contribution in [2.75, 3.05) is 0 Å². The van der Waals surface area contributed by atoms with Crippen LogP contribution in [-0.4, -0.2) is 15.0 Å². The number of thiophene rings is 1. The largest absolute Gasteiger partial charge is 0.208 e. The van der Waals surface area contributed by atoms with Crippen LogP contribution in [0.15, 0.2) is 212 Å². The highest BCUT2D eigenvalue weighted by Crippen LogP contribution is 2.56. The van der Waals surface area contributed by atoms with Gasteiger partial charge in [-0.2, -0.15) is 0 Å². The van der Waals surface area contributed by atoms with Gasteiger partial charge in [-0.3, -0.25) is 0 Å². The van der Waals surface area contributed by atoms with Gasteiger partial charge in [-0.1, -0.05) is 188 Å². The molecule has 280 valence electrons. The smallest absolute Gasteiger partial charge is 0.164 e. The maximum absolute atomic E-state index is 5.43. The Morgan fingerprint density at radius 2 is 0.900 bits per heavy atom. The van der Waals surface area contributed by atoms with Crippen LogP contribution in [0.1, 0.15) is 22.3 Å². The summed E-state index contributed by atoms with van der Waals surface area (Å²) in [5.74, 6) is 1.93. The van der Waals surface area contributed by atoms with Crippen LogP contribution in [0.5, 0.6) is 0 Å². The molecule has 0 N–H and O–H groups in total. The number of rotatable bonds is 6. The minimum absolute atomic E-state index is 0.545. The van der Waals surface area contributed by atoms with E-state index in [1.54, 1.807) is 0 Å². The first-order valence-electron chi connectivity index (χ1n) is 20.4. The predicted octanol–water partition coefficient (Wildman–Crippen LogP) is 14.4. The van der Waals surface area contributed by atoms with Gasteiger partial charge < -0.3 is 0 Å². The van der Waals surface area contributed by atoms with Crippen molar-refractivity contribution in [1.82, 2.24) is 15.0 Å². The van der Waals surface area contributed by atoms with E-state index in [2.05, 4.69) is 212 Å². The van der Waals surface area contributed by atoms with Crippen molar-refractivity contribution < 1.29 is 0 Å². The average molecular weight is 782 g/mol. The standard InChI is InChI=1S/C56H35N3S/c1-3-16-36(17-4-1)38-32-33-50-47(35-38)52-46(28-15-31-51(52)60-50)55-58-53(57-54(59-55)45-27-14-19-37-18-7-8-24-42(37)45)39-20-13-23-41(34-39)56(40-21-5-2-6-22-40)48-29-11-9-25-43(48)44-26-10-12-30-49(44)56/h1-35H. The predicted molar refractivity (Wildman–Crippen MR) is 249 cm³/mol. The Balaban J connectivity index is 1.11. The molecule has 0 saturated heterocycles. The molecule has 60 heavy (non-hydrogen) atoms. The summed E-state index contributed by atoms with van der Waals surface area (Å²) in [5, 5.41) is 4.60. The molecule has 0 fully saturated rings. The highest BCUT2D eigenvalue weighted by atomic mass is 32.1.